The van der Waals surface area contributed by atoms with Crippen LogP contribution in [0.3, 0.4) is 0 Å². The average Bonchev–Trinajstić information content (AvgIpc) is 2.98. The minimum absolute atomic E-state index is 0.176. The number of thiophene rings is 1. The molecule has 4 heteroatoms. The van der Waals surface area contributed by atoms with Gasteiger partial charge in [-0.2, -0.15) is 0 Å². The van der Waals surface area contributed by atoms with Crippen molar-refractivity contribution in [2.24, 2.45) is 5.73 Å². The van der Waals surface area contributed by atoms with Gasteiger partial charge in [-0.25, -0.2) is 0 Å². The lowest BCUT2D eigenvalue weighted by Crippen LogP contribution is -2.34. The van der Waals surface area contributed by atoms with E-state index in [1.165, 1.54) is 20.9 Å². The normalized spacial score (nSPS) is 18.9. The Hall–Kier alpha value is -0.680. The first-order valence-electron chi connectivity index (χ1n) is 8.32. The summed E-state index contributed by atoms with van der Waals surface area (Å²) < 4.78 is 1.13. The number of hydrogen-bond acceptors (Lipinski definition) is 3. The molecule has 0 amide bonds. The van der Waals surface area contributed by atoms with Gasteiger partial charge < -0.3 is 10.6 Å². The van der Waals surface area contributed by atoms with Gasteiger partial charge in [-0.1, -0.05) is 41.9 Å². The van der Waals surface area contributed by atoms with E-state index in [1.807, 2.05) is 11.3 Å². The summed E-state index contributed by atoms with van der Waals surface area (Å²) in [6, 6.07) is 11.2. The fourth-order valence-electron chi connectivity index (χ4n) is 3.40. The molecule has 1 aromatic heterocycles. The van der Waals surface area contributed by atoms with Crippen molar-refractivity contribution in [3.8, 4) is 0 Å². The van der Waals surface area contributed by atoms with Gasteiger partial charge in [0.05, 0.1) is 0 Å². The number of hydrogen-bond donors (Lipinski definition) is 1. The lowest BCUT2D eigenvalue weighted by Gasteiger charge is -2.30. The Balaban J connectivity index is 2.03. The summed E-state index contributed by atoms with van der Waals surface area (Å²) in [6.07, 6.45) is 1.98. The van der Waals surface area contributed by atoms with E-state index < -0.39 is 0 Å². The molecule has 0 fully saturated rings. The van der Waals surface area contributed by atoms with Gasteiger partial charge in [0.2, 0.25) is 0 Å². The minimum atomic E-state index is -0.176. The van der Waals surface area contributed by atoms with Crippen molar-refractivity contribution < 1.29 is 0 Å². The standard InChI is InChI=1S/C19H25BrN2S/c1-4-19(21,5-2)18-10-15-16(11-22(3)12-17(15)23-18)13-6-8-14(20)9-7-13/h6-10,16H,4-5,11-12,21H2,1-3H3. The maximum Gasteiger partial charge on any atom is 0.0498 e. The first-order chi connectivity index (χ1) is 11.0. The van der Waals surface area contributed by atoms with Gasteiger partial charge in [-0.05, 0) is 49.2 Å². The predicted octanol–water partition coefficient (Wildman–Crippen LogP) is 5.06. The largest absolute Gasteiger partial charge is 0.321 e. The molecule has 1 unspecified atom stereocenters. The molecule has 1 aliphatic heterocycles. The molecule has 0 bridgehead atoms. The molecular weight excluding hydrogens is 368 g/mol. The van der Waals surface area contributed by atoms with Crippen LogP contribution in [-0.4, -0.2) is 18.5 Å². The van der Waals surface area contributed by atoms with Crippen molar-refractivity contribution in [2.75, 3.05) is 13.6 Å². The number of benzene rings is 1. The summed E-state index contributed by atoms with van der Waals surface area (Å²) in [4.78, 5) is 5.26. The van der Waals surface area contributed by atoms with Gasteiger partial charge in [0.1, 0.15) is 0 Å². The van der Waals surface area contributed by atoms with E-state index in [0.29, 0.717) is 5.92 Å². The Kier molecular flexibility index (Phi) is 4.98. The van der Waals surface area contributed by atoms with E-state index in [-0.39, 0.29) is 5.54 Å². The third-order valence-electron chi connectivity index (χ3n) is 5.15. The molecular formula is C19H25BrN2S. The summed E-state index contributed by atoms with van der Waals surface area (Å²) in [6.45, 7) is 6.50. The van der Waals surface area contributed by atoms with E-state index >= 15 is 0 Å². The zero-order chi connectivity index (χ0) is 16.6. The summed E-state index contributed by atoms with van der Waals surface area (Å²) in [7, 11) is 2.21. The third kappa shape index (κ3) is 3.27. The second-order valence-electron chi connectivity index (χ2n) is 6.65. The molecule has 2 heterocycles. The quantitative estimate of drug-likeness (QED) is 0.787. The van der Waals surface area contributed by atoms with Crippen molar-refractivity contribution >= 4 is 27.3 Å². The molecule has 2 aromatic rings. The topological polar surface area (TPSA) is 29.3 Å². The summed E-state index contributed by atoms with van der Waals surface area (Å²) in [5.41, 5.74) is 9.36. The Morgan fingerprint density at radius 2 is 1.91 bits per heavy atom. The molecule has 0 radical (unpaired) electrons. The molecule has 1 atom stereocenters. The smallest absolute Gasteiger partial charge is 0.0498 e. The highest BCUT2D eigenvalue weighted by atomic mass is 79.9. The fraction of sp³-hybridized carbons (Fsp3) is 0.474. The van der Waals surface area contributed by atoms with Crippen LogP contribution in [0.15, 0.2) is 34.8 Å². The Bertz CT molecular complexity index is 673. The lowest BCUT2D eigenvalue weighted by molar-refractivity contribution is 0.299. The second-order valence-corrected chi connectivity index (χ2v) is 8.71. The van der Waals surface area contributed by atoms with Crippen LogP contribution in [0.25, 0.3) is 0 Å². The molecule has 0 saturated heterocycles. The number of nitrogens with two attached hydrogens (primary N) is 1. The molecule has 1 aromatic carbocycles. The molecule has 2 N–H and O–H groups in total. The monoisotopic (exact) mass is 392 g/mol. The van der Waals surface area contributed by atoms with Gasteiger partial charge >= 0.3 is 0 Å². The lowest BCUT2D eigenvalue weighted by atomic mass is 9.86. The molecule has 23 heavy (non-hydrogen) atoms. The van der Waals surface area contributed by atoms with Crippen LogP contribution < -0.4 is 5.73 Å². The summed E-state index contributed by atoms with van der Waals surface area (Å²) in [5, 5.41) is 0. The van der Waals surface area contributed by atoms with Crippen LogP contribution in [-0.2, 0) is 12.1 Å². The Labute approximate surface area is 151 Å². The van der Waals surface area contributed by atoms with Crippen molar-refractivity contribution in [1.82, 2.24) is 4.90 Å². The third-order valence-corrected chi connectivity index (χ3v) is 7.03. The van der Waals surface area contributed by atoms with Gasteiger partial charge in [0.15, 0.2) is 0 Å². The number of nitrogens with zero attached hydrogens (tertiary/aromatic N) is 1. The highest BCUT2D eigenvalue weighted by Gasteiger charge is 2.32. The molecule has 3 rings (SSSR count). The minimum Gasteiger partial charge on any atom is -0.321 e. The van der Waals surface area contributed by atoms with E-state index in [0.717, 1.165) is 30.4 Å². The van der Waals surface area contributed by atoms with Gasteiger partial charge in [-0.3, -0.25) is 0 Å². The molecule has 124 valence electrons. The van der Waals surface area contributed by atoms with E-state index in [4.69, 9.17) is 5.73 Å². The van der Waals surface area contributed by atoms with Crippen LogP contribution >= 0.6 is 27.3 Å². The molecule has 0 spiro atoms. The average molecular weight is 393 g/mol. The first-order valence-corrected chi connectivity index (χ1v) is 9.93. The summed E-state index contributed by atoms with van der Waals surface area (Å²) >= 11 is 5.46. The SMILES string of the molecule is CCC(N)(CC)c1cc2c(s1)CN(C)CC2c1ccc(Br)cc1. The second kappa shape index (κ2) is 6.67. The maximum atomic E-state index is 6.66. The first kappa shape index (κ1) is 17.2. The predicted molar refractivity (Wildman–Crippen MR) is 103 cm³/mol. The number of halogens is 1. The van der Waals surface area contributed by atoms with Crippen LogP contribution in [0.1, 0.15) is 53.5 Å². The molecule has 0 aliphatic carbocycles. The number of fused-ring (bicyclic) bond motifs is 1. The zero-order valence-electron chi connectivity index (χ0n) is 14.1. The Morgan fingerprint density at radius 3 is 2.52 bits per heavy atom. The fourth-order valence-corrected chi connectivity index (χ4v) is 5.22. The highest BCUT2D eigenvalue weighted by molar-refractivity contribution is 9.10. The zero-order valence-corrected chi connectivity index (χ0v) is 16.5. The number of rotatable bonds is 4. The van der Waals surface area contributed by atoms with E-state index in [2.05, 4.69) is 72.1 Å². The van der Waals surface area contributed by atoms with Gasteiger partial charge in [0.25, 0.3) is 0 Å². The van der Waals surface area contributed by atoms with Crippen LogP contribution in [0.5, 0.6) is 0 Å². The Morgan fingerprint density at radius 1 is 1.26 bits per heavy atom. The van der Waals surface area contributed by atoms with Gasteiger partial charge in [0, 0.05) is 38.8 Å². The van der Waals surface area contributed by atoms with E-state index in [9.17, 15) is 0 Å². The highest BCUT2D eigenvalue weighted by Crippen LogP contribution is 2.42. The summed E-state index contributed by atoms with van der Waals surface area (Å²) in [5.74, 6) is 0.444. The van der Waals surface area contributed by atoms with Crippen LogP contribution in [0.2, 0.25) is 0 Å². The van der Waals surface area contributed by atoms with Crippen molar-refractivity contribution in [1.29, 1.82) is 0 Å². The maximum absolute atomic E-state index is 6.66. The van der Waals surface area contributed by atoms with Crippen molar-refractivity contribution in [3.63, 3.8) is 0 Å². The molecule has 0 saturated carbocycles. The molecule has 1 aliphatic rings. The molecule has 2 nitrogen and oxygen atoms in total. The number of likely N-dealkylation sites (N-methyl/N-ethyl adjacent to an activating group) is 1. The van der Waals surface area contributed by atoms with E-state index in [1.54, 1.807) is 0 Å². The van der Waals surface area contributed by atoms with Crippen molar-refractivity contribution in [2.45, 2.75) is 44.7 Å². The van der Waals surface area contributed by atoms with Gasteiger partial charge in [-0.15, -0.1) is 11.3 Å². The van der Waals surface area contributed by atoms with Crippen molar-refractivity contribution in [3.05, 3.63) is 55.7 Å². The van der Waals surface area contributed by atoms with Crippen LogP contribution in [0, 0.1) is 0 Å². The van der Waals surface area contributed by atoms with Crippen LogP contribution in [0.4, 0.5) is 0 Å².